The highest BCUT2D eigenvalue weighted by atomic mass is 16.1. The molecule has 1 heterocycles. The second-order valence-corrected chi connectivity index (χ2v) is 8.00. The minimum absolute atomic E-state index is 0.200. The van der Waals surface area contributed by atoms with Crippen LogP contribution in [0.5, 0.6) is 0 Å². The van der Waals surface area contributed by atoms with Crippen molar-refractivity contribution in [1.29, 1.82) is 0 Å². The van der Waals surface area contributed by atoms with Crippen LogP contribution in [0.1, 0.15) is 91.4 Å². The Bertz CT molecular complexity index is 331. The van der Waals surface area contributed by atoms with E-state index in [9.17, 15) is 4.79 Å². The monoisotopic (exact) mass is 335 g/mol. The van der Waals surface area contributed by atoms with Crippen LogP contribution in [0.3, 0.4) is 0 Å². The molecule has 140 valence electrons. The van der Waals surface area contributed by atoms with Crippen molar-refractivity contribution in [3.63, 3.8) is 0 Å². The van der Waals surface area contributed by atoms with E-state index < -0.39 is 0 Å². The molecule has 0 aromatic rings. The van der Waals surface area contributed by atoms with E-state index in [2.05, 4.69) is 37.8 Å². The maximum absolute atomic E-state index is 11.1. The van der Waals surface area contributed by atoms with Crippen molar-refractivity contribution in [3.05, 3.63) is 12.2 Å². The Morgan fingerprint density at radius 1 is 0.958 bits per heavy atom. The number of unbranched alkanes of at least 4 members (excludes halogenated alkanes) is 3. The van der Waals surface area contributed by atoms with Gasteiger partial charge in [0.15, 0.2) is 0 Å². The molecule has 1 fully saturated rings. The van der Waals surface area contributed by atoms with Crippen LogP contribution in [-0.4, -0.2) is 30.3 Å². The normalized spacial score (nSPS) is 20.6. The van der Waals surface area contributed by atoms with Gasteiger partial charge in [-0.05, 0) is 64.5 Å². The van der Waals surface area contributed by atoms with Crippen LogP contribution in [0.25, 0.3) is 0 Å². The Morgan fingerprint density at radius 2 is 1.67 bits per heavy atom. The van der Waals surface area contributed by atoms with Crippen LogP contribution in [-0.2, 0) is 4.79 Å². The second kappa shape index (κ2) is 13.6. The topological polar surface area (TPSA) is 20.3 Å². The van der Waals surface area contributed by atoms with E-state index in [1.807, 2.05) is 0 Å². The lowest BCUT2D eigenvalue weighted by Gasteiger charge is -2.33. The Morgan fingerprint density at radius 3 is 2.29 bits per heavy atom. The van der Waals surface area contributed by atoms with Crippen LogP contribution in [0.2, 0.25) is 0 Å². The van der Waals surface area contributed by atoms with Gasteiger partial charge in [-0.25, -0.2) is 0 Å². The zero-order valence-corrected chi connectivity index (χ0v) is 16.5. The molecule has 0 bridgehead atoms. The Labute approximate surface area is 151 Å². The lowest BCUT2D eigenvalue weighted by atomic mass is 9.90. The maximum atomic E-state index is 11.1. The minimum Gasteiger partial charge on any atom is -0.303 e. The molecular weight excluding hydrogens is 294 g/mol. The highest BCUT2D eigenvalue weighted by Crippen LogP contribution is 2.25. The van der Waals surface area contributed by atoms with E-state index in [0.717, 1.165) is 18.6 Å². The van der Waals surface area contributed by atoms with Crippen LogP contribution in [0.4, 0.5) is 0 Å². The van der Waals surface area contributed by atoms with Crippen LogP contribution >= 0.6 is 0 Å². The van der Waals surface area contributed by atoms with Crippen molar-refractivity contribution in [2.45, 2.75) is 97.4 Å². The fraction of sp³-hybridized carbons (Fsp3) is 0.864. The molecule has 0 radical (unpaired) electrons. The molecule has 1 aliphatic rings. The predicted molar refractivity (Wildman–Crippen MR) is 105 cm³/mol. The lowest BCUT2D eigenvalue weighted by Crippen LogP contribution is -2.38. The summed E-state index contributed by atoms with van der Waals surface area (Å²) in [7, 11) is 0. The summed E-state index contributed by atoms with van der Waals surface area (Å²) in [4.78, 5) is 13.9. The van der Waals surface area contributed by atoms with Crippen molar-refractivity contribution in [3.8, 4) is 0 Å². The first-order valence-electron chi connectivity index (χ1n) is 10.5. The number of allylic oxidation sites excluding steroid dienone is 2. The molecule has 3 unspecified atom stereocenters. The third-order valence-electron chi connectivity index (χ3n) is 5.51. The molecule has 0 N–H and O–H groups in total. The fourth-order valence-electron chi connectivity index (χ4n) is 4.02. The van der Waals surface area contributed by atoms with Crippen molar-refractivity contribution < 1.29 is 4.79 Å². The number of carbonyl (C=O) groups is 1. The number of rotatable bonds is 12. The quantitative estimate of drug-likeness (QED) is 0.247. The average molecular weight is 336 g/mol. The molecule has 0 saturated carbocycles. The Kier molecular flexibility index (Phi) is 12.2. The van der Waals surface area contributed by atoms with E-state index in [4.69, 9.17) is 0 Å². The number of carbonyl (C=O) groups excluding carboxylic acids is 1. The van der Waals surface area contributed by atoms with E-state index in [1.54, 1.807) is 0 Å². The molecule has 0 aromatic heterocycles. The summed E-state index contributed by atoms with van der Waals surface area (Å²) in [5.41, 5.74) is 0. The van der Waals surface area contributed by atoms with Gasteiger partial charge in [0.05, 0.1) is 0 Å². The van der Waals surface area contributed by atoms with Gasteiger partial charge < -0.3 is 9.69 Å². The lowest BCUT2D eigenvalue weighted by molar-refractivity contribution is -0.111. The zero-order valence-electron chi connectivity index (χ0n) is 16.5. The minimum atomic E-state index is 0.200. The molecule has 0 amide bonds. The molecule has 24 heavy (non-hydrogen) atoms. The van der Waals surface area contributed by atoms with Gasteiger partial charge in [-0.1, -0.05) is 58.1 Å². The van der Waals surface area contributed by atoms with E-state index in [-0.39, 0.29) is 5.92 Å². The maximum Gasteiger partial charge on any atom is 0.122 e. The van der Waals surface area contributed by atoms with Gasteiger partial charge in [-0.3, -0.25) is 0 Å². The summed E-state index contributed by atoms with van der Waals surface area (Å²) < 4.78 is 0. The largest absolute Gasteiger partial charge is 0.303 e. The SMILES string of the molecule is CC=CCCCCCC(C)CC(CC(C)C=O)N1CCCCCC1. The van der Waals surface area contributed by atoms with Crippen molar-refractivity contribution >= 4 is 6.29 Å². The highest BCUT2D eigenvalue weighted by Gasteiger charge is 2.23. The summed E-state index contributed by atoms with van der Waals surface area (Å²) in [6.07, 6.45) is 20.0. The molecule has 0 spiro atoms. The van der Waals surface area contributed by atoms with Crippen molar-refractivity contribution in [2.24, 2.45) is 11.8 Å². The molecule has 3 atom stereocenters. The van der Waals surface area contributed by atoms with Gasteiger partial charge in [0.25, 0.3) is 0 Å². The van der Waals surface area contributed by atoms with Gasteiger partial charge in [0, 0.05) is 12.0 Å². The number of likely N-dealkylation sites (tertiary alicyclic amines) is 1. The van der Waals surface area contributed by atoms with Gasteiger partial charge in [-0.15, -0.1) is 0 Å². The standard InChI is InChI=1S/C22H41NO/c1-4-5-6-7-8-11-14-20(2)17-22(18-21(3)19-24)23-15-12-9-10-13-16-23/h4-5,19-22H,6-18H2,1-3H3. The predicted octanol–water partition coefficient (Wildman–Crippen LogP) is 6.01. The van der Waals surface area contributed by atoms with E-state index >= 15 is 0 Å². The summed E-state index contributed by atoms with van der Waals surface area (Å²) in [6.45, 7) is 9.09. The van der Waals surface area contributed by atoms with Gasteiger partial charge in [-0.2, -0.15) is 0 Å². The smallest absolute Gasteiger partial charge is 0.122 e. The van der Waals surface area contributed by atoms with Gasteiger partial charge >= 0.3 is 0 Å². The molecule has 1 aliphatic heterocycles. The van der Waals surface area contributed by atoms with Crippen molar-refractivity contribution in [1.82, 2.24) is 4.90 Å². The molecule has 1 rings (SSSR count). The molecular formula is C22H41NO. The first-order chi connectivity index (χ1) is 11.7. The van der Waals surface area contributed by atoms with E-state index in [1.165, 1.54) is 77.3 Å². The van der Waals surface area contributed by atoms with Gasteiger partial charge in [0.1, 0.15) is 6.29 Å². The molecule has 2 nitrogen and oxygen atoms in total. The van der Waals surface area contributed by atoms with Crippen LogP contribution in [0, 0.1) is 11.8 Å². The third kappa shape index (κ3) is 9.61. The molecule has 2 heteroatoms. The first-order valence-corrected chi connectivity index (χ1v) is 10.5. The number of aldehydes is 1. The molecule has 0 aliphatic carbocycles. The Balaban J connectivity index is 2.39. The van der Waals surface area contributed by atoms with Crippen LogP contribution in [0.15, 0.2) is 12.2 Å². The van der Waals surface area contributed by atoms with Gasteiger partial charge in [0.2, 0.25) is 0 Å². The second-order valence-electron chi connectivity index (χ2n) is 8.00. The summed E-state index contributed by atoms with van der Waals surface area (Å²) in [6, 6.07) is 0.612. The van der Waals surface area contributed by atoms with Crippen molar-refractivity contribution in [2.75, 3.05) is 13.1 Å². The Hall–Kier alpha value is -0.630. The first kappa shape index (κ1) is 21.4. The number of hydrogen-bond donors (Lipinski definition) is 0. The number of hydrogen-bond acceptors (Lipinski definition) is 2. The number of nitrogens with zero attached hydrogens (tertiary/aromatic N) is 1. The summed E-state index contributed by atoms with van der Waals surface area (Å²) >= 11 is 0. The molecule has 1 saturated heterocycles. The average Bonchev–Trinajstić information content (AvgIpc) is 2.86. The zero-order chi connectivity index (χ0) is 17.6. The summed E-state index contributed by atoms with van der Waals surface area (Å²) in [5, 5.41) is 0. The third-order valence-corrected chi connectivity index (χ3v) is 5.51. The summed E-state index contributed by atoms with van der Waals surface area (Å²) in [5.74, 6) is 0.977. The fourth-order valence-corrected chi connectivity index (χ4v) is 4.02. The molecule has 0 aromatic carbocycles. The highest BCUT2D eigenvalue weighted by molar-refractivity contribution is 5.52. The van der Waals surface area contributed by atoms with E-state index in [0.29, 0.717) is 6.04 Å². The van der Waals surface area contributed by atoms with Crippen LogP contribution < -0.4 is 0 Å².